The number of amides is 2. The smallest absolute Gasteiger partial charge is 0.317 e. The largest absolute Gasteiger partial charge is 0.493 e. The molecule has 0 aromatic heterocycles. The van der Waals surface area contributed by atoms with Crippen molar-refractivity contribution in [2.75, 3.05) is 68.2 Å². The summed E-state index contributed by atoms with van der Waals surface area (Å²) in [5.41, 5.74) is 5.09. The minimum absolute atomic E-state index is 0.00374. The summed E-state index contributed by atoms with van der Waals surface area (Å²) in [5.74, 6) is 3.51. The molecule has 0 fully saturated rings. The van der Waals surface area contributed by atoms with Crippen molar-refractivity contribution in [3.05, 3.63) is 46.5 Å². The van der Waals surface area contributed by atoms with Crippen LogP contribution in [0.4, 0.5) is 4.79 Å². The molecule has 0 radical (unpaired) electrons. The van der Waals surface area contributed by atoms with Crippen molar-refractivity contribution in [3.63, 3.8) is 0 Å². The molecule has 1 atom stereocenters. The van der Waals surface area contributed by atoms with Gasteiger partial charge in [-0.1, -0.05) is 0 Å². The van der Waals surface area contributed by atoms with Crippen molar-refractivity contribution in [2.24, 2.45) is 0 Å². The SMILES string of the molecule is COc1cc2c(cc1OC)CCN(C(=O)NCCN(C)C[C@@H]1Cc3cc(OC)c(OC)cc31)CC2. The molecule has 8 nitrogen and oxygen atoms in total. The molecule has 0 spiro atoms. The number of likely N-dealkylation sites (N-methyl/N-ethyl adjacent to an activating group) is 1. The number of fused-ring (bicyclic) bond motifs is 2. The summed E-state index contributed by atoms with van der Waals surface area (Å²) in [4.78, 5) is 17.0. The van der Waals surface area contributed by atoms with Crippen molar-refractivity contribution in [2.45, 2.75) is 25.2 Å². The number of hydrogen-bond acceptors (Lipinski definition) is 6. The second-order valence-electron chi connectivity index (χ2n) is 9.26. The lowest BCUT2D eigenvalue weighted by Gasteiger charge is -2.34. The van der Waals surface area contributed by atoms with Crippen LogP contribution in [0.15, 0.2) is 24.3 Å². The summed E-state index contributed by atoms with van der Waals surface area (Å²) in [7, 11) is 8.74. The van der Waals surface area contributed by atoms with Crippen LogP contribution in [0.25, 0.3) is 0 Å². The minimum atomic E-state index is -0.00374. The maximum atomic E-state index is 12.8. The van der Waals surface area contributed by atoms with Crippen LogP contribution >= 0.6 is 0 Å². The van der Waals surface area contributed by atoms with Crippen LogP contribution in [0, 0.1) is 0 Å². The molecule has 2 aromatic carbocycles. The topological polar surface area (TPSA) is 72.5 Å². The zero-order chi connectivity index (χ0) is 24.9. The van der Waals surface area contributed by atoms with Gasteiger partial charge in [0.05, 0.1) is 28.4 Å². The summed E-state index contributed by atoms with van der Waals surface area (Å²) < 4.78 is 21.7. The fourth-order valence-corrected chi connectivity index (χ4v) is 5.09. The van der Waals surface area contributed by atoms with Crippen LogP contribution in [0.5, 0.6) is 23.0 Å². The maximum Gasteiger partial charge on any atom is 0.317 e. The van der Waals surface area contributed by atoms with Crippen molar-refractivity contribution < 1.29 is 23.7 Å². The maximum absolute atomic E-state index is 12.8. The average molecular weight is 484 g/mol. The van der Waals surface area contributed by atoms with Gasteiger partial charge in [0.25, 0.3) is 0 Å². The fraction of sp³-hybridized carbons (Fsp3) is 0.519. The summed E-state index contributed by atoms with van der Waals surface area (Å²) in [6.07, 6.45) is 2.65. The molecule has 0 saturated heterocycles. The second kappa shape index (κ2) is 11.1. The summed E-state index contributed by atoms with van der Waals surface area (Å²) in [6, 6.07) is 8.25. The van der Waals surface area contributed by atoms with Gasteiger partial charge in [0.1, 0.15) is 0 Å². The monoisotopic (exact) mass is 483 g/mol. The van der Waals surface area contributed by atoms with Crippen LogP contribution in [0.2, 0.25) is 0 Å². The normalized spacial score (nSPS) is 16.5. The molecule has 2 aliphatic rings. The Labute approximate surface area is 208 Å². The quantitative estimate of drug-likeness (QED) is 0.591. The summed E-state index contributed by atoms with van der Waals surface area (Å²) >= 11 is 0. The molecular formula is C27H37N3O5. The molecule has 1 heterocycles. The Hall–Kier alpha value is -3.13. The van der Waals surface area contributed by atoms with Gasteiger partial charge in [0.15, 0.2) is 23.0 Å². The highest BCUT2D eigenvalue weighted by Crippen LogP contribution is 2.42. The number of benzene rings is 2. The molecule has 1 aliphatic carbocycles. The van der Waals surface area contributed by atoms with Gasteiger partial charge in [-0.05, 0) is 72.8 Å². The number of carbonyl (C=O) groups is 1. The van der Waals surface area contributed by atoms with E-state index in [1.165, 1.54) is 22.3 Å². The molecule has 8 heteroatoms. The molecule has 0 unspecified atom stereocenters. The van der Waals surface area contributed by atoms with Crippen LogP contribution < -0.4 is 24.3 Å². The van der Waals surface area contributed by atoms with E-state index in [1.807, 2.05) is 17.0 Å². The van der Waals surface area contributed by atoms with Gasteiger partial charge in [0.2, 0.25) is 0 Å². The molecular weight excluding hydrogens is 446 g/mol. The number of rotatable bonds is 9. The Morgan fingerprint density at radius 3 is 1.94 bits per heavy atom. The zero-order valence-electron chi connectivity index (χ0n) is 21.5. The number of urea groups is 1. The van der Waals surface area contributed by atoms with Gasteiger partial charge in [0, 0.05) is 38.6 Å². The Morgan fingerprint density at radius 1 is 0.886 bits per heavy atom. The van der Waals surface area contributed by atoms with E-state index in [0.29, 0.717) is 25.6 Å². The molecule has 0 bridgehead atoms. The predicted octanol–water partition coefficient (Wildman–Crippen LogP) is 3.10. The van der Waals surface area contributed by atoms with Crippen molar-refractivity contribution in [1.82, 2.24) is 15.1 Å². The van der Waals surface area contributed by atoms with E-state index < -0.39 is 0 Å². The average Bonchev–Trinajstić information content (AvgIpc) is 3.08. The fourth-order valence-electron chi connectivity index (χ4n) is 5.09. The van der Waals surface area contributed by atoms with Gasteiger partial charge in [-0.2, -0.15) is 0 Å². The first-order valence-corrected chi connectivity index (χ1v) is 12.2. The van der Waals surface area contributed by atoms with E-state index in [-0.39, 0.29) is 6.03 Å². The van der Waals surface area contributed by atoms with E-state index in [1.54, 1.807) is 28.4 Å². The van der Waals surface area contributed by atoms with Crippen molar-refractivity contribution in [3.8, 4) is 23.0 Å². The zero-order valence-corrected chi connectivity index (χ0v) is 21.5. The van der Waals surface area contributed by atoms with Crippen molar-refractivity contribution in [1.29, 1.82) is 0 Å². The number of carbonyl (C=O) groups excluding carboxylic acids is 1. The van der Waals surface area contributed by atoms with E-state index in [2.05, 4.69) is 29.4 Å². The molecule has 1 N–H and O–H groups in total. The standard InChI is InChI=1S/C27H37N3O5/c1-29(17-21-12-20-15-25(34-4)26(35-5)16-22(20)21)11-8-28-27(31)30-9-6-18-13-23(32-2)24(33-3)14-19(18)7-10-30/h13-16,21H,6-12,17H2,1-5H3,(H,28,31)/t21-/m0/s1. The molecule has 2 amide bonds. The predicted molar refractivity (Wildman–Crippen MR) is 135 cm³/mol. The lowest BCUT2D eigenvalue weighted by Crippen LogP contribution is -2.44. The molecule has 4 rings (SSSR count). The molecule has 1 aliphatic heterocycles. The molecule has 0 saturated carbocycles. The van der Waals surface area contributed by atoms with Gasteiger partial charge >= 0.3 is 6.03 Å². The number of nitrogens with one attached hydrogen (secondary N) is 1. The van der Waals surface area contributed by atoms with Crippen LogP contribution in [-0.4, -0.2) is 84.0 Å². The third kappa shape index (κ3) is 5.42. The second-order valence-corrected chi connectivity index (χ2v) is 9.26. The van der Waals surface area contributed by atoms with Gasteiger partial charge in [-0.15, -0.1) is 0 Å². The first kappa shape index (κ1) is 25.0. The van der Waals surface area contributed by atoms with E-state index in [4.69, 9.17) is 18.9 Å². The first-order valence-electron chi connectivity index (χ1n) is 12.2. The highest BCUT2D eigenvalue weighted by Gasteiger charge is 2.29. The summed E-state index contributed by atoms with van der Waals surface area (Å²) in [5, 5.41) is 3.10. The Bertz CT molecular complexity index is 1020. The van der Waals surface area contributed by atoms with Crippen LogP contribution in [-0.2, 0) is 19.3 Å². The molecule has 190 valence electrons. The Kier molecular flexibility index (Phi) is 7.90. The third-order valence-corrected chi connectivity index (χ3v) is 7.15. The number of hydrogen-bond donors (Lipinski definition) is 1. The summed E-state index contributed by atoms with van der Waals surface area (Å²) in [6.45, 7) is 3.74. The van der Waals surface area contributed by atoms with E-state index in [0.717, 1.165) is 55.4 Å². The lowest BCUT2D eigenvalue weighted by molar-refractivity contribution is 0.198. The van der Waals surface area contributed by atoms with Crippen LogP contribution in [0.3, 0.4) is 0 Å². The van der Waals surface area contributed by atoms with Crippen molar-refractivity contribution >= 4 is 6.03 Å². The minimum Gasteiger partial charge on any atom is -0.493 e. The number of methoxy groups -OCH3 is 4. The molecule has 2 aromatic rings. The van der Waals surface area contributed by atoms with Crippen LogP contribution in [0.1, 0.15) is 28.2 Å². The van der Waals surface area contributed by atoms with Gasteiger partial charge < -0.3 is 34.1 Å². The van der Waals surface area contributed by atoms with E-state index in [9.17, 15) is 4.79 Å². The highest BCUT2D eigenvalue weighted by molar-refractivity contribution is 5.74. The van der Waals surface area contributed by atoms with Gasteiger partial charge in [-0.25, -0.2) is 4.79 Å². The van der Waals surface area contributed by atoms with Gasteiger partial charge in [-0.3, -0.25) is 0 Å². The molecule has 35 heavy (non-hydrogen) atoms. The number of nitrogens with zero attached hydrogens (tertiary/aromatic N) is 2. The number of ether oxygens (including phenoxy) is 4. The first-order chi connectivity index (χ1) is 17.0. The lowest BCUT2D eigenvalue weighted by atomic mass is 9.77. The van der Waals surface area contributed by atoms with E-state index >= 15 is 0 Å². The Balaban J connectivity index is 1.24. The third-order valence-electron chi connectivity index (χ3n) is 7.15. The highest BCUT2D eigenvalue weighted by atomic mass is 16.5. The Morgan fingerprint density at radius 2 is 1.40 bits per heavy atom.